The standard InChI is InChI=1S/C16H23FN2O3S/c1-10(13-5-6-15(23-4)14(17)9-13)19(11(2)16(21)22)8-7-18-12(3)20/h5-6,9-11H,7-8H2,1-4H3,(H,18,20)(H,21,22). The monoisotopic (exact) mass is 342 g/mol. The van der Waals surface area contributed by atoms with E-state index in [0.717, 1.165) is 0 Å². The van der Waals surface area contributed by atoms with Crippen molar-refractivity contribution in [3.63, 3.8) is 0 Å². The molecule has 128 valence electrons. The van der Waals surface area contributed by atoms with Crippen molar-refractivity contribution in [2.45, 2.75) is 37.8 Å². The van der Waals surface area contributed by atoms with Crippen LogP contribution in [0.1, 0.15) is 32.4 Å². The van der Waals surface area contributed by atoms with Crippen LogP contribution in [0.2, 0.25) is 0 Å². The van der Waals surface area contributed by atoms with E-state index in [4.69, 9.17) is 0 Å². The van der Waals surface area contributed by atoms with E-state index in [9.17, 15) is 19.1 Å². The number of rotatable bonds is 8. The number of hydrogen-bond donors (Lipinski definition) is 2. The summed E-state index contributed by atoms with van der Waals surface area (Å²) in [4.78, 5) is 24.6. The lowest BCUT2D eigenvalue weighted by Gasteiger charge is -2.32. The first-order valence-electron chi connectivity index (χ1n) is 7.34. The summed E-state index contributed by atoms with van der Waals surface area (Å²) >= 11 is 1.32. The van der Waals surface area contributed by atoms with Crippen molar-refractivity contribution in [1.82, 2.24) is 10.2 Å². The Morgan fingerprint density at radius 2 is 2.04 bits per heavy atom. The molecule has 0 spiro atoms. The van der Waals surface area contributed by atoms with E-state index < -0.39 is 12.0 Å². The molecule has 0 aliphatic heterocycles. The third kappa shape index (κ3) is 5.51. The quantitative estimate of drug-likeness (QED) is 0.711. The number of carboxylic acids is 1. The Balaban J connectivity index is 2.97. The molecule has 0 radical (unpaired) electrons. The largest absolute Gasteiger partial charge is 0.480 e. The highest BCUT2D eigenvalue weighted by atomic mass is 32.2. The van der Waals surface area contributed by atoms with Gasteiger partial charge in [-0.15, -0.1) is 11.8 Å². The number of aliphatic carboxylic acids is 1. The Labute approximate surface area is 140 Å². The molecule has 1 amide bonds. The molecule has 0 heterocycles. The molecule has 0 aromatic heterocycles. The average molecular weight is 342 g/mol. The van der Waals surface area contributed by atoms with Crippen molar-refractivity contribution >= 4 is 23.6 Å². The minimum Gasteiger partial charge on any atom is -0.480 e. The molecule has 23 heavy (non-hydrogen) atoms. The van der Waals surface area contributed by atoms with Gasteiger partial charge in [-0.25, -0.2) is 4.39 Å². The van der Waals surface area contributed by atoms with Gasteiger partial charge in [0.2, 0.25) is 5.91 Å². The van der Waals surface area contributed by atoms with Gasteiger partial charge in [-0.3, -0.25) is 14.5 Å². The van der Waals surface area contributed by atoms with Crippen LogP contribution in [0.3, 0.4) is 0 Å². The molecule has 5 nitrogen and oxygen atoms in total. The van der Waals surface area contributed by atoms with Crippen LogP contribution < -0.4 is 5.32 Å². The fourth-order valence-corrected chi connectivity index (χ4v) is 2.82. The maximum atomic E-state index is 14.0. The van der Waals surface area contributed by atoms with E-state index >= 15 is 0 Å². The predicted molar refractivity (Wildman–Crippen MR) is 89.1 cm³/mol. The normalized spacial score (nSPS) is 13.7. The first-order valence-corrected chi connectivity index (χ1v) is 8.56. The fraction of sp³-hybridized carbons (Fsp3) is 0.500. The highest BCUT2D eigenvalue weighted by molar-refractivity contribution is 7.98. The average Bonchev–Trinajstić information content (AvgIpc) is 2.49. The van der Waals surface area contributed by atoms with Crippen LogP contribution in [0.25, 0.3) is 0 Å². The molecular weight excluding hydrogens is 319 g/mol. The van der Waals surface area contributed by atoms with Crippen molar-refractivity contribution in [1.29, 1.82) is 0 Å². The van der Waals surface area contributed by atoms with E-state index in [0.29, 0.717) is 23.5 Å². The maximum Gasteiger partial charge on any atom is 0.320 e. The Bertz CT molecular complexity index is 568. The van der Waals surface area contributed by atoms with Crippen LogP contribution in [0.15, 0.2) is 23.1 Å². The van der Waals surface area contributed by atoms with Gasteiger partial charge in [0, 0.05) is 31.0 Å². The number of nitrogens with zero attached hydrogens (tertiary/aromatic N) is 1. The molecule has 0 aliphatic carbocycles. The summed E-state index contributed by atoms with van der Waals surface area (Å²) in [6.07, 6.45) is 1.80. The number of carbonyl (C=O) groups excluding carboxylic acids is 1. The molecule has 0 saturated carbocycles. The van der Waals surface area contributed by atoms with E-state index in [1.807, 2.05) is 6.92 Å². The molecule has 0 bridgehead atoms. The molecular formula is C16H23FN2O3S. The minimum absolute atomic E-state index is 0.170. The summed E-state index contributed by atoms with van der Waals surface area (Å²) in [6.45, 7) is 5.52. The SMILES string of the molecule is CSc1ccc(C(C)N(CCNC(C)=O)C(C)C(=O)O)cc1F. The fourth-order valence-electron chi connectivity index (χ4n) is 2.36. The smallest absolute Gasteiger partial charge is 0.320 e. The Kier molecular flexibility index (Phi) is 7.51. The molecule has 0 aliphatic rings. The molecule has 1 aromatic carbocycles. The van der Waals surface area contributed by atoms with E-state index in [-0.39, 0.29) is 17.8 Å². The number of benzene rings is 1. The van der Waals surface area contributed by atoms with Gasteiger partial charge in [0.1, 0.15) is 11.9 Å². The predicted octanol–water partition coefficient (Wildman–Crippen LogP) is 2.52. The van der Waals surface area contributed by atoms with Crippen LogP contribution in [0.5, 0.6) is 0 Å². The van der Waals surface area contributed by atoms with E-state index in [1.54, 1.807) is 30.2 Å². The van der Waals surface area contributed by atoms with Gasteiger partial charge in [0.15, 0.2) is 0 Å². The number of carbonyl (C=O) groups is 2. The molecule has 0 fully saturated rings. The summed E-state index contributed by atoms with van der Waals surface area (Å²) in [6, 6.07) is 3.90. The first-order chi connectivity index (χ1) is 10.8. The zero-order valence-electron chi connectivity index (χ0n) is 13.8. The van der Waals surface area contributed by atoms with Crippen LogP contribution >= 0.6 is 11.8 Å². The second-order valence-corrected chi connectivity index (χ2v) is 6.15. The minimum atomic E-state index is -0.958. The lowest BCUT2D eigenvalue weighted by atomic mass is 10.0. The molecule has 0 saturated heterocycles. The topological polar surface area (TPSA) is 69.6 Å². The third-order valence-electron chi connectivity index (χ3n) is 3.75. The molecule has 2 atom stereocenters. The zero-order valence-corrected chi connectivity index (χ0v) is 14.6. The van der Waals surface area contributed by atoms with Gasteiger partial charge in [-0.05, 0) is 37.8 Å². The Hall–Kier alpha value is -1.60. The lowest BCUT2D eigenvalue weighted by Crippen LogP contribution is -2.44. The number of hydrogen-bond acceptors (Lipinski definition) is 4. The molecule has 2 N–H and O–H groups in total. The molecule has 2 unspecified atom stereocenters. The highest BCUT2D eigenvalue weighted by Gasteiger charge is 2.26. The van der Waals surface area contributed by atoms with Gasteiger partial charge in [-0.1, -0.05) is 6.07 Å². The van der Waals surface area contributed by atoms with E-state index in [2.05, 4.69) is 5.32 Å². The number of nitrogens with one attached hydrogen (secondary N) is 1. The van der Waals surface area contributed by atoms with Gasteiger partial charge in [0.05, 0.1) is 0 Å². The van der Waals surface area contributed by atoms with E-state index in [1.165, 1.54) is 24.8 Å². The van der Waals surface area contributed by atoms with Crippen LogP contribution in [0.4, 0.5) is 4.39 Å². The Morgan fingerprint density at radius 1 is 1.39 bits per heavy atom. The van der Waals surface area contributed by atoms with Gasteiger partial charge < -0.3 is 10.4 Å². The number of thioether (sulfide) groups is 1. The summed E-state index contributed by atoms with van der Waals surface area (Å²) < 4.78 is 14.0. The second-order valence-electron chi connectivity index (χ2n) is 5.30. The van der Waals surface area contributed by atoms with Crippen molar-refractivity contribution in [2.75, 3.05) is 19.3 Å². The van der Waals surface area contributed by atoms with Crippen molar-refractivity contribution in [2.24, 2.45) is 0 Å². The van der Waals surface area contributed by atoms with Crippen LogP contribution in [-0.4, -0.2) is 47.3 Å². The molecule has 7 heteroatoms. The zero-order chi connectivity index (χ0) is 17.6. The summed E-state index contributed by atoms with van der Waals surface area (Å²) in [5.41, 5.74) is 0.705. The summed E-state index contributed by atoms with van der Waals surface area (Å²) in [7, 11) is 0. The van der Waals surface area contributed by atoms with Gasteiger partial charge >= 0.3 is 5.97 Å². The third-order valence-corrected chi connectivity index (χ3v) is 4.53. The van der Waals surface area contributed by atoms with Gasteiger partial charge in [0.25, 0.3) is 0 Å². The first kappa shape index (κ1) is 19.4. The number of amides is 1. The van der Waals surface area contributed by atoms with Crippen molar-refractivity contribution in [3.05, 3.63) is 29.6 Å². The summed E-state index contributed by atoms with van der Waals surface area (Å²) in [5, 5.41) is 11.9. The van der Waals surface area contributed by atoms with Crippen molar-refractivity contribution < 1.29 is 19.1 Å². The Morgan fingerprint density at radius 3 is 2.52 bits per heavy atom. The number of carboxylic acid groups (broad SMARTS) is 1. The maximum absolute atomic E-state index is 14.0. The molecule has 1 rings (SSSR count). The van der Waals surface area contributed by atoms with Crippen LogP contribution in [0, 0.1) is 5.82 Å². The number of halogens is 1. The second kappa shape index (κ2) is 8.88. The van der Waals surface area contributed by atoms with Crippen LogP contribution in [-0.2, 0) is 9.59 Å². The summed E-state index contributed by atoms with van der Waals surface area (Å²) in [5.74, 6) is -1.44. The lowest BCUT2D eigenvalue weighted by molar-refractivity contribution is -0.143. The van der Waals surface area contributed by atoms with Crippen molar-refractivity contribution in [3.8, 4) is 0 Å². The van der Waals surface area contributed by atoms with Gasteiger partial charge in [-0.2, -0.15) is 0 Å². The molecule has 1 aromatic rings. The highest BCUT2D eigenvalue weighted by Crippen LogP contribution is 2.27.